The van der Waals surface area contributed by atoms with Gasteiger partial charge in [-0.3, -0.25) is 4.79 Å². The molecule has 2 aromatic carbocycles. The molecule has 1 heterocycles. The largest absolute Gasteiger partial charge is 0.416 e. The number of amides is 1. The Labute approximate surface area is 180 Å². The van der Waals surface area contributed by atoms with E-state index in [9.17, 15) is 26.4 Å². The first-order valence-electron chi connectivity index (χ1n) is 10.2. The van der Waals surface area contributed by atoms with E-state index in [1.54, 1.807) is 28.6 Å². The Balaban J connectivity index is 1.54. The van der Waals surface area contributed by atoms with Crippen molar-refractivity contribution in [2.75, 3.05) is 19.6 Å². The van der Waals surface area contributed by atoms with Crippen LogP contribution < -0.4 is 5.32 Å². The van der Waals surface area contributed by atoms with Crippen molar-refractivity contribution in [3.63, 3.8) is 0 Å². The molecule has 1 fully saturated rings. The monoisotopic (exact) mass is 454 g/mol. The topological polar surface area (TPSA) is 66.5 Å². The summed E-state index contributed by atoms with van der Waals surface area (Å²) in [6.07, 6.45) is -0.142. The number of hydrogen-bond donors (Lipinski definition) is 1. The highest BCUT2D eigenvalue weighted by atomic mass is 32.2. The second kappa shape index (κ2) is 9.82. The van der Waals surface area contributed by atoms with Gasteiger partial charge in [-0.05, 0) is 61.2 Å². The lowest BCUT2D eigenvalue weighted by atomic mass is 10.1. The summed E-state index contributed by atoms with van der Waals surface area (Å²) in [5, 5.41) is 2.66. The lowest BCUT2D eigenvalue weighted by Gasteiger charge is -2.20. The summed E-state index contributed by atoms with van der Waals surface area (Å²) < 4.78 is 64.9. The van der Waals surface area contributed by atoms with Crippen LogP contribution in [0.4, 0.5) is 13.2 Å². The van der Waals surface area contributed by atoms with E-state index >= 15 is 0 Å². The van der Waals surface area contributed by atoms with E-state index in [1.165, 1.54) is 0 Å². The maximum Gasteiger partial charge on any atom is 0.416 e. The van der Waals surface area contributed by atoms with E-state index in [-0.39, 0.29) is 17.0 Å². The summed E-state index contributed by atoms with van der Waals surface area (Å²) in [6, 6.07) is 10.6. The SMILES string of the molecule is O=C(NCCc1ccc(S(=O)(=O)N2CCCCCC2)cc1)c1ccc(C(F)(F)F)cc1. The van der Waals surface area contributed by atoms with Gasteiger partial charge in [-0.15, -0.1) is 0 Å². The van der Waals surface area contributed by atoms with Gasteiger partial charge in [0.1, 0.15) is 0 Å². The highest BCUT2D eigenvalue weighted by Crippen LogP contribution is 2.29. The second-order valence-electron chi connectivity index (χ2n) is 7.54. The molecule has 5 nitrogen and oxygen atoms in total. The van der Waals surface area contributed by atoms with Crippen molar-refractivity contribution in [1.29, 1.82) is 0 Å². The minimum atomic E-state index is -4.44. The first-order chi connectivity index (χ1) is 14.7. The van der Waals surface area contributed by atoms with Crippen molar-refractivity contribution >= 4 is 15.9 Å². The maximum atomic E-state index is 12.8. The van der Waals surface area contributed by atoms with Crippen LogP contribution in [0.25, 0.3) is 0 Å². The molecule has 168 valence electrons. The van der Waals surface area contributed by atoms with Gasteiger partial charge in [0.15, 0.2) is 0 Å². The molecule has 1 saturated heterocycles. The Morgan fingerprint density at radius 3 is 2.03 bits per heavy atom. The molecule has 0 spiro atoms. The summed E-state index contributed by atoms with van der Waals surface area (Å²) in [6.45, 7) is 1.36. The second-order valence-corrected chi connectivity index (χ2v) is 9.48. The van der Waals surface area contributed by atoms with Crippen LogP contribution in [0.5, 0.6) is 0 Å². The van der Waals surface area contributed by atoms with Crippen molar-refractivity contribution in [1.82, 2.24) is 9.62 Å². The lowest BCUT2D eigenvalue weighted by Crippen LogP contribution is -2.31. The van der Waals surface area contributed by atoms with Gasteiger partial charge in [0.2, 0.25) is 10.0 Å². The quantitative estimate of drug-likeness (QED) is 0.710. The number of sulfonamides is 1. The average molecular weight is 455 g/mol. The molecule has 0 radical (unpaired) electrons. The number of halogens is 3. The third-order valence-corrected chi connectivity index (χ3v) is 7.21. The average Bonchev–Trinajstić information content (AvgIpc) is 3.04. The van der Waals surface area contributed by atoms with E-state index in [0.29, 0.717) is 19.5 Å². The number of nitrogens with one attached hydrogen (secondary N) is 1. The molecule has 0 aliphatic carbocycles. The van der Waals surface area contributed by atoms with Gasteiger partial charge in [-0.25, -0.2) is 8.42 Å². The predicted molar refractivity (Wildman–Crippen MR) is 111 cm³/mol. The molecule has 0 saturated carbocycles. The van der Waals surface area contributed by atoms with Crippen molar-refractivity contribution in [3.8, 4) is 0 Å². The molecular formula is C22H25F3N2O3S. The number of hydrogen-bond acceptors (Lipinski definition) is 3. The zero-order valence-corrected chi connectivity index (χ0v) is 17.8. The lowest BCUT2D eigenvalue weighted by molar-refractivity contribution is -0.137. The van der Waals surface area contributed by atoms with Crippen LogP contribution in [-0.2, 0) is 22.6 Å². The van der Waals surface area contributed by atoms with Crippen LogP contribution >= 0.6 is 0 Å². The minimum absolute atomic E-state index is 0.145. The number of benzene rings is 2. The van der Waals surface area contributed by atoms with Crippen molar-refractivity contribution in [2.24, 2.45) is 0 Å². The Bertz CT molecular complexity index is 980. The van der Waals surface area contributed by atoms with E-state index < -0.39 is 27.7 Å². The van der Waals surface area contributed by atoms with Crippen molar-refractivity contribution in [2.45, 2.75) is 43.2 Å². The normalized spacial score (nSPS) is 16.0. The number of nitrogens with zero attached hydrogens (tertiary/aromatic N) is 1. The van der Waals surface area contributed by atoms with Gasteiger partial charge < -0.3 is 5.32 Å². The van der Waals surface area contributed by atoms with E-state index in [4.69, 9.17) is 0 Å². The van der Waals surface area contributed by atoms with Gasteiger partial charge in [0.25, 0.3) is 5.91 Å². The summed E-state index contributed by atoms with van der Waals surface area (Å²) in [4.78, 5) is 12.4. The molecule has 0 bridgehead atoms. The molecule has 9 heteroatoms. The van der Waals surface area contributed by atoms with E-state index in [0.717, 1.165) is 55.5 Å². The first kappa shape index (κ1) is 23.3. The van der Waals surface area contributed by atoms with Crippen LogP contribution in [0.3, 0.4) is 0 Å². The molecule has 0 atom stereocenters. The Kier molecular flexibility index (Phi) is 7.38. The van der Waals surface area contributed by atoms with Crippen LogP contribution in [0, 0.1) is 0 Å². The fraction of sp³-hybridized carbons (Fsp3) is 0.409. The van der Waals surface area contributed by atoms with Crippen molar-refractivity contribution < 1.29 is 26.4 Å². The highest BCUT2D eigenvalue weighted by Gasteiger charge is 2.30. The number of carbonyl (C=O) groups excluding carboxylic acids is 1. The van der Waals surface area contributed by atoms with Gasteiger partial charge in [-0.1, -0.05) is 25.0 Å². The molecule has 1 aliphatic heterocycles. The summed E-state index contributed by atoms with van der Waals surface area (Å²) >= 11 is 0. The molecule has 2 aromatic rings. The summed E-state index contributed by atoms with van der Waals surface area (Å²) in [5.41, 5.74) is 0.189. The summed E-state index contributed by atoms with van der Waals surface area (Å²) in [5.74, 6) is -0.464. The predicted octanol–water partition coefficient (Wildman–Crippen LogP) is 4.24. The third-order valence-electron chi connectivity index (χ3n) is 5.30. The molecule has 1 aliphatic rings. The molecule has 0 unspecified atom stereocenters. The Morgan fingerprint density at radius 2 is 1.48 bits per heavy atom. The van der Waals surface area contributed by atoms with E-state index in [1.807, 2.05) is 0 Å². The van der Waals surface area contributed by atoms with Crippen molar-refractivity contribution in [3.05, 3.63) is 65.2 Å². The third kappa shape index (κ3) is 6.07. The molecule has 0 aromatic heterocycles. The smallest absolute Gasteiger partial charge is 0.352 e. The molecule has 3 rings (SSSR count). The van der Waals surface area contributed by atoms with Crippen LogP contribution in [-0.4, -0.2) is 38.3 Å². The molecule has 1 N–H and O–H groups in total. The molecular weight excluding hydrogens is 429 g/mol. The molecule has 1 amide bonds. The van der Waals surface area contributed by atoms with Crippen LogP contribution in [0.2, 0.25) is 0 Å². The van der Waals surface area contributed by atoms with Gasteiger partial charge in [-0.2, -0.15) is 17.5 Å². The highest BCUT2D eigenvalue weighted by molar-refractivity contribution is 7.89. The standard InChI is InChI=1S/C22H25F3N2O3S/c23-22(24,25)19-9-7-18(8-10-19)21(28)26-14-13-17-5-11-20(12-6-17)31(29,30)27-15-3-1-2-4-16-27/h5-12H,1-4,13-16H2,(H,26,28). The maximum absolute atomic E-state index is 12.8. The fourth-order valence-corrected chi connectivity index (χ4v) is 5.01. The fourth-order valence-electron chi connectivity index (χ4n) is 3.49. The Hall–Kier alpha value is -2.39. The van der Waals surface area contributed by atoms with Gasteiger partial charge >= 0.3 is 6.18 Å². The van der Waals surface area contributed by atoms with Crippen LogP contribution in [0.15, 0.2) is 53.4 Å². The Morgan fingerprint density at radius 1 is 0.903 bits per heavy atom. The van der Waals surface area contributed by atoms with Crippen LogP contribution in [0.1, 0.15) is 47.2 Å². The number of rotatable bonds is 6. The van der Waals surface area contributed by atoms with E-state index in [2.05, 4.69) is 5.32 Å². The zero-order chi connectivity index (χ0) is 22.5. The zero-order valence-electron chi connectivity index (χ0n) is 17.0. The van der Waals surface area contributed by atoms with Gasteiger partial charge in [0, 0.05) is 25.2 Å². The number of alkyl halides is 3. The minimum Gasteiger partial charge on any atom is -0.352 e. The number of carbonyl (C=O) groups is 1. The molecule has 31 heavy (non-hydrogen) atoms. The first-order valence-corrected chi connectivity index (χ1v) is 11.7. The van der Waals surface area contributed by atoms with Gasteiger partial charge in [0.05, 0.1) is 10.5 Å². The summed E-state index contributed by atoms with van der Waals surface area (Å²) in [7, 11) is -3.50.